The molecule has 0 saturated heterocycles. The Morgan fingerprint density at radius 1 is 1.22 bits per heavy atom. The van der Waals surface area contributed by atoms with Crippen molar-refractivity contribution in [1.29, 1.82) is 0 Å². The molecule has 0 aliphatic carbocycles. The molecule has 23 heavy (non-hydrogen) atoms. The molecule has 0 atom stereocenters. The van der Waals surface area contributed by atoms with E-state index in [0.29, 0.717) is 16.7 Å². The van der Waals surface area contributed by atoms with Gasteiger partial charge < -0.3 is 9.64 Å². The first kappa shape index (κ1) is 17.4. The van der Waals surface area contributed by atoms with E-state index in [-0.39, 0.29) is 12.3 Å². The number of hydrogen-bond acceptors (Lipinski definition) is 2. The fourth-order valence-electron chi connectivity index (χ4n) is 2.56. The summed E-state index contributed by atoms with van der Waals surface area (Å²) >= 11 is 5.97. The number of carbonyl (C=O) groups is 1. The number of rotatable bonds is 5. The summed E-state index contributed by atoms with van der Waals surface area (Å²) in [5.41, 5.74) is 2.93. The van der Waals surface area contributed by atoms with Crippen molar-refractivity contribution in [2.75, 3.05) is 19.1 Å². The van der Waals surface area contributed by atoms with Crippen LogP contribution in [0.3, 0.4) is 0 Å². The van der Waals surface area contributed by atoms with Crippen LogP contribution in [0.2, 0.25) is 5.02 Å². The summed E-state index contributed by atoms with van der Waals surface area (Å²) in [5.74, 6) is 1.00. The second kappa shape index (κ2) is 7.51. The van der Waals surface area contributed by atoms with Gasteiger partial charge in [0.2, 0.25) is 5.91 Å². The highest BCUT2D eigenvalue weighted by molar-refractivity contribution is 6.30. The lowest BCUT2D eigenvalue weighted by Gasteiger charge is -2.23. The van der Waals surface area contributed by atoms with E-state index in [1.807, 2.05) is 31.3 Å². The minimum absolute atomic E-state index is 0.0127. The van der Waals surface area contributed by atoms with Gasteiger partial charge in [0.25, 0.3) is 0 Å². The number of halogens is 1. The molecule has 2 aromatic rings. The molecule has 0 spiro atoms. The van der Waals surface area contributed by atoms with Crippen LogP contribution < -0.4 is 9.64 Å². The van der Waals surface area contributed by atoms with E-state index in [9.17, 15) is 4.79 Å². The van der Waals surface area contributed by atoms with Crippen LogP contribution in [-0.2, 0) is 11.2 Å². The second-order valence-electron chi connectivity index (χ2n) is 5.80. The summed E-state index contributed by atoms with van der Waals surface area (Å²) < 4.78 is 5.32. The first-order valence-corrected chi connectivity index (χ1v) is 7.99. The van der Waals surface area contributed by atoms with E-state index in [2.05, 4.69) is 19.9 Å². The third-order valence-electron chi connectivity index (χ3n) is 3.89. The molecule has 0 fully saturated rings. The molecule has 3 nitrogen and oxygen atoms in total. The Kier molecular flexibility index (Phi) is 5.67. The SMILES string of the molecule is COc1cc(Cl)ccc1CC(=O)N(C)c1ccccc1C(C)C. The van der Waals surface area contributed by atoms with E-state index in [0.717, 1.165) is 16.8 Å². The predicted molar refractivity (Wildman–Crippen MR) is 95.6 cm³/mol. The zero-order valence-corrected chi connectivity index (χ0v) is 14.7. The quantitative estimate of drug-likeness (QED) is 0.796. The Balaban J connectivity index is 2.25. The molecule has 4 heteroatoms. The van der Waals surface area contributed by atoms with E-state index >= 15 is 0 Å². The van der Waals surface area contributed by atoms with Crippen LogP contribution in [0, 0.1) is 0 Å². The Labute approximate surface area is 142 Å². The van der Waals surface area contributed by atoms with Gasteiger partial charge in [-0.15, -0.1) is 0 Å². The zero-order valence-electron chi connectivity index (χ0n) is 14.0. The predicted octanol–water partition coefficient (Wildman–Crippen LogP) is 4.68. The number of nitrogens with zero attached hydrogens (tertiary/aromatic N) is 1. The van der Waals surface area contributed by atoms with Crippen LogP contribution in [-0.4, -0.2) is 20.1 Å². The highest BCUT2D eigenvalue weighted by Crippen LogP contribution is 2.28. The van der Waals surface area contributed by atoms with Crippen molar-refractivity contribution in [3.05, 3.63) is 58.6 Å². The lowest BCUT2D eigenvalue weighted by atomic mass is 10.00. The van der Waals surface area contributed by atoms with Gasteiger partial charge in [0.1, 0.15) is 5.75 Å². The van der Waals surface area contributed by atoms with Gasteiger partial charge >= 0.3 is 0 Å². The van der Waals surface area contributed by atoms with Crippen LogP contribution in [0.5, 0.6) is 5.75 Å². The van der Waals surface area contributed by atoms with Crippen molar-refractivity contribution < 1.29 is 9.53 Å². The summed E-state index contributed by atoms with van der Waals surface area (Å²) in [7, 11) is 3.39. The van der Waals surface area contributed by atoms with E-state index in [4.69, 9.17) is 16.3 Å². The summed E-state index contributed by atoms with van der Waals surface area (Å²) in [5, 5.41) is 0.594. The van der Waals surface area contributed by atoms with E-state index < -0.39 is 0 Å². The van der Waals surface area contributed by atoms with Crippen molar-refractivity contribution in [3.63, 3.8) is 0 Å². The first-order chi connectivity index (χ1) is 10.9. The van der Waals surface area contributed by atoms with Crippen molar-refractivity contribution in [2.24, 2.45) is 0 Å². The molecule has 0 aliphatic rings. The fraction of sp³-hybridized carbons (Fsp3) is 0.316. The fourth-order valence-corrected chi connectivity index (χ4v) is 2.72. The minimum Gasteiger partial charge on any atom is -0.496 e. The molecule has 2 rings (SSSR count). The number of para-hydroxylation sites is 1. The molecule has 0 N–H and O–H groups in total. The van der Waals surface area contributed by atoms with Gasteiger partial charge in [-0.05, 0) is 29.7 Å². The van der Waals surface area contributed by atoms with Gasteiger partial charge in [0.05, 0.1) is 13.5 Å². The number of amides is 1. The summed E-state index contributed by atoms with van der Waals surface area (Å²) in [4.78, 5) is 14.4. The van der Waals surface area contributed by atoms with Crippen LogP contribution >= 0.6 is 11.6 Å². The summed E-state index contributed by atoms with van der Waals surface area (Å²) in [6.07, 6.45) is 0.267. The van der Waals surface area contributed by atoms with Crippen LogP contribution in [0.25, 0.3) is 0 Å². The first-order valence-electron chi connectivity index (χ1n) is 7.62. The van der Waals surface area contributed by atoms with Crippen molar-refractivity contribution in [2.45, 2.75) is 26.2 Å². The topological polar surface area (TPSA) is 29.5 Å². The molecular weight excluding hydrogens is 310 g/mol. The maximum Gasteiger partial charge on any atom is 0.231 e. The molecule has 0 unspecified atom stereocenters. The number of carbonyl (C=O) groups excluding carboxylic acids is 1. The molecule has 0 bridgehead atoms. The smallest absolute Gasteiger partial charge is 0.231 e. The average Bonchev–Trinajstić information content (AvgIpc) is 2.55. The lowest BCUT2D eigenvalue weighted by molar-refractivity contribution is -0.117. The monoisotopic (exact) mass is 331 g/mol. The number of anilines is 1. The van der Waals surface area contributed by atoms with Gasteiger partial charge in [0.15, 0.2) is 0 Å². The number of hydrogen-bond donors (Lipinski definition) is 0. The van der Waals surface area contributed by atoms with Gasteiger partial charge in [-0.1, -0.05) is 49.7 Å². The van der Waals surface area contributed by atoms with E-state index in [1.165, 1.54) is 0 Å². The Bertz CT molecular complexity index is 698. The van der Waals surface area contributed by atoms with Gasteiger partial charge in [-0.25, -0.2) is 0 Å². The zero-order chi connectivity index (χ0) is 17.0. The molecule has 0 aliphatic heterocycles. The second-order valence-corrected chi connectivity index (χ2v) is 6.24. The molecule has 0 saturated carbocycles. The van der Waals surface area contributed by atoms with Gasteiger partial charge in [-0.3, -0.25) is 4.79 Å². The van der Waals surface area contributed by atoms with Crippen molar-refractivity contribution >= 4 is 23.2 Å². The normalized spacial score (nSPS) is 10.7. The molecule has 0 aromatic heterocycles. The average molecular weight is 332 g/mol. The van der Waals surface area contributed by atoms with E-state index in [1.54, 1.807) is 24.1 Å². The molecule has 1 amide bonds. The maximum atomic E-state index is 12.7. The minimum atomic E-state index is 0.0127. The third kappa shape index (κ3) is 4.05. The Morgan fingerprint density at radius 2 is 1.91 bits per heavy atom. The summed E-state index contributed by atoms with van der Waals surface area (Å²) in [6.45, 7) is 4.25. The highest BCUT2D eigenvalue weighted by atomic mass is 35.5. The maximum absolute atomic E-state index is 12.7. The molecule has 2 aromatic carbocycles. The number of methoxy groups -OCH3 is 1. The number of benzene rings is 2. The van der Waals surface area contributed by atoms with Crippen molar-refractivity contribution in [1.82, 2.24) is 0 Å². The molecule has 0 radical (unpaired) electrons. The molecular formula is C19H22ClNO2. The third-order valence-corrected chi connectivity index (χ3v) is 4.12. The Morgan fingerprint density at radius 3 is 2.57 bits per heavy atom. The standard InChI is InChI=1S/C19H22ClNO2/c1-13(2)16-7-5-6-8-17(16)21(3)19(22)11-14-9-10-15(20)12-18(14)23-4/h5-10,12-13H,11H2,1-4H3. The lowest BCUT2D eigenvalue weighted by Crippen LogP contribution is -2.29. The van der Waals surface area contributed by atoms with Gasteiger partial charge in [0, 0.05) is 23.3 Å². The van der Waals surface area contributed by atoms with Gasteiger partial charge in [-0.2, -0.15) is 0 Å². The van der Waals surface area contributed by atoms with Crippen LogP contribution in [0.15, 0.2) is 42.5 Å². The highest BCUT2D eigenvalue weighted by Gasteiger charge is 2.17. The molecule has 122 valence electrons. The number of ether oxygens (including phenoxy) is 1. The summed E-state index contributed by atoms with van der Waals surface area (Å²) in [6, 6.07) is 13.3. The van der Waals surface area contributed by atoms with Crippen molar-refractivity contribution in [3.8, 4) is 5.75 Å². The molecule has 0 heterocycles. The Hall–Kier alpha value is -2.00. The number of likely N-dealkylation sites (N-methyl/N-ethyl adjacent to an activating group) is 1. The largest absolute Gasteiger partial charge is 0.496 e. The van der Waals surface area contributed by atoms with Crippen LogP contribution in [0.1, 0.15) is 30.9 Å². The van der Waals surface area contributed by atoms with Crippen LogP contribution in [0.4, 0.5) is 5.69 Å².